The topological polar surface area (TPSA) is 75.3 Å². The SMILES string of the molecule is Cc1ccc(C)c(S(=O)(=O)NCCC(=O)NC(C)C2CC3CCC2C3)c1. The highest BCUT2D eigenvalue weighted by atomic mass is 32.2. The van der Waals surface area contributed by atoms with Crippen LogP contribution in [0, 0.1) is 31.6 Å². The minimum Gasteiger partial charge on any atom is -0.353 e. The van der Waals surface area contributed by atoms with Gasteiger partial charge < -0.3 is 5.32 Å². The van der Waals surface area contributed by atoms with Crippen LogP contribution in [0.4, 0.5) is 0 Å². The van der Waals surface area contributed by atoms with Crippen molar-refractivity contribution >= 4 is 15.9 Å². The lowest BCUT2D eigenvalue weighted by Gasteiger charge is -2.28. The van der Waals surface area contributed by atoms with Crippen LogP contribution in [0.3, 0.4) is 0 Å². The lowest BCUT2D eigenvalue weighted by atomic mass is 9.84. The molecule has 0 aliphatic heterocycles. The second-order valence-electron chi connectivity index (χ2n) is 8.11. The summed E-state index contributed by atoms with van der Waals surface area (Å²) in [5.74, 6) is 2.13. The molecule has 0 aromatic heterocycles. The van der Waals surface area contributed by atoms with Crippen molar-refractivity contribution < 1.29 is 13.2 Å². The summed E-state index contributed by atoms with van der Waals surface area (Å²) in [5.41, 5.74) is 1.60. The quantitative estimate of drug-likeness (QED) is 0.766. The first-order valence-corrected chi connectivity index (χ1v) is 11.1. The van der Waals surface area contributed by atoms with Crippen molar-refractivity contribution in [2.75, 3.05) is 6.54 Å². The van der Waals surface area contributed by atoms with E-state index in [2.05, 4.69) is 17.0 Å². The summed E-state index contributed by atoms with van der Waals surface area (Å²) in [6.45, 7) is 5.84. The van der Waals surface area contributed by atoms with E-state index in [1.807, 2.05) is 13.0 Å². The molecule has 1 amide bonds. The Morgan fingerprint density at radius 1 is 1.23 bits per heavy atom. The normalized spacial score (nSPS) is 26.0. The lowest BCUT2D eigenvalue weighted by Crippen LogP contribution is -2.41. The fourth-order valence-corrected chi connectivity index (χ4v) is 6.07. The van der Waals surface area contributed by atoms with E-state index in [1.165, 1.54) is 25.7 Å². The Balaban J connectivity index is 1.48. The van der Waals surface area contributed by atoms with E-state index in [-0.39, 0.29) is 29.8 Å². The monoisotopic (exact) mass is 378 g/mol. The first-order valence-electron chi connectivity index (χ1n) is 9.62. The number of sulfonamides is 1. The molecule has 0 spiro atoms. The molecular weight excluding hydrogens is 348 g/mol. The van der Waals surface area contributed by atoms with E-state index < -0.39 is 10.0 Å². The van der Waals surface area contributed by atoms with E-state index in [0.717, 1.165) is 17.4 Å². The van der Waals surface area contributed by atoms with Gasteiger partial charge >= 0.3 is 0 Å². The van der Waals surface area contributed by atoms with Crippen LogP contribution >= 0.6 is 0 Å². The Morgan fingerprint density at radius 3 is 2.65 bits per heavy atom. The van der Waals surface area contributed by atoms with Crippen LogP contribution in [0.25, 0.3) is 0 Å². The van der Waals surface area contributed by atoms with Crippen molar-refractivity contribution in [3.05, 3.63) is 29.3 Å². The predicted molar refractivity (Wildman–Crippen MR) is 102 cm³/mol. The van der Waals surface area contributed by atoms with Gasteiger partial charge in [0.25, 0.3) is 0 Å². The highest BCUT2D eigenvalue weighted by Crippen LogP contribution is 2.49. The maximum atomic E-state index is 12.5. The third-order valence-electron chi connectivity index (χ3n) is 6.10. The molecular formula is C20H30N2O3S. The highest BCUT2D eigenvalue weighted by Gasteiger charge is 2.42. The molecule has 26 heavy (non-hydrogen) atoms. The molecule has 2 bridgehead atoms. The maximum Gasteiger partial charge on any atom is 0.240 e. The lowest BCUT2D eigenvalue weighted by molar-refractivity contribution is -0.122. The standard InChI is InChI=1S/C20H30N2O3S/c1-13-4-5-14(2)19(10-13)26(24,25)21-9-8-20(23)22-15(3)18-12-16-6-7-17(18)11-16/h4-5,10,15-18,21H,6-9,11-12H2,1-3H3,(H,22,23). The molecule has 2 N–H and O–H groups in total. The van der Waals surface area contributed by atoms with Crippen molar-refractivity contribution in [3.63, 3.8) is 0 Å². The van der Waals surface area contributed by atoms with E-state index >= 15 is 0 Å². The second-order valence-corrected chi connectivity index (χ2v) is 9.85. The van der Waals surface area contributed by atoms with Gasteiger partial charge in [-0.2, -0.15) is 0 Å². The van der Waals surface area contributed by atoms with Gasteiger partial charge in [-0.25, -0.2) is 13.1 Å². The third-order valence-corrected chi connectivity index (χ3v) is 7.70. The molecule has 1 aromatic rings. The van der Waals surface area contributed by atoms with Crippen LogP contribution in [-0.4, -0.2) is 26.9 Å². The smallest absolute Gasteiger partial charge is 0.240 e. The van der Waals surface area contributed by atoms with Gasteiger partial charge in [-0.15, -0.1) is 0 Å². The van der Waals surface area contributed by atoms with Crippen LogP contribution in [0.2, 0.25) is 0 Å². The zero-order valence-electron chi connectivity index (χ0n) is 15.9. The first-order chi connectivity index (χ1) is 12.3. The molecule has 2 fully saturated rings. The highest BCUT2D eigenvalue weighted by molar-refractivity contribution is 7.89. The van der Waals surface area contributed by atoms with Crippen molar-refractivity contribution in [2.24, 2.45) is 17.8 Å². The molecule has 4 unspecified atom stereocenters. The van der Waals surface area contributed by atoms with Crippen LogP contribution in [0.15, 0.2) is 23.1 Å². The Bertz CT molecular complexity index is 775. The minimum atomic E-state index is -3.59. The Labute approximate surface area is 157 Å². The first kappa shape index (κ1) is 19.4. The van der Waals surface area contributed by atoms with Crippen LogP contribution in [0.1, 0.15) is 50.2 Å². The zero-order valence-corrected chi connectivity index (χ0v) is 16.7. The van der Waals surface area contributed by atoms with E-state index in [0.29, 0.717) is 11.5 Å². The molecule has 6 heteroatoms. The molecule has 2 saturated carbocycles. The molecule has 4 atom stereocenters. The van der Waals surface area contributed by atoms with E-state index in [4.69, 9.17) is 0 Å². The number of carbonyl (C=O) groups excluding carboxylic acids is 1. The zero-order chi connectivity index (χ0) is 18.9. The molecule has 0 saturated heterocycles. The van der Waals surface area contributed by atoms with Crippen molar-refractivity contribution in [1.29, 1.82) is 0 Å². The summed E-state index contributed by atoms with van der Waals surface area (Å²) in [7, 11) is -3.59. The molecule has 144 valence electrons. The van der Waals surface area contributed by atoms with Crippen molar-refractivity contribution in [3.8, 4) is 0 Å². The summed E-state index contributed by atoms with van der Waals surface area (Å²) in [6.07, 6.45) is 5.36. The third kappa shape index (κ3) is 4.29. The van der Waals surface area contributed by atoms with Gasteiger partial charge in [0.05, 0.1) is 4.90 Å². The average molecular weight is 379 g/mol. The average Bonchev–Trinajstić information content (AvgIpc) is 3.20. The van der Waals surface area contributed by atoms with Crippen LogP contribution in [0.5, 0.6) is 0 Å². The van der Waals surface area contributed by atoms with Gasteiger partial charge in [0.15, 0.2) is 0 Å². The van der Waals surface area contributed by atoms with Crippen LogP contribution in [-0.2, 0) is 14.8 Å². The number of aryl methyl sites for hydroxylation is 2. The second kappa shape index (κ2) is 7.69. The molecule has 0 heterocycles. The summed E-state index contributed by atoms with van der Waals surface area (Å²) in [5, 5.41) is 3.08. The number of rotatable bonds is 7. The molecule has 2 aliphatic rings. The Kier molecular flexibility index (Phi) is 5.72. The Morgan fingerprint density at radius 2 is 2.00 bits per heavy atom. The molecule has 1 aromatic carbocycles. The summed E-state index contributed by atoms with van der Waals surface area (Å²) >= 11 is 0. The van der Waals surface area contributed by atoms with Gasteiger partial charge in [0.1, 0.15) is 0 Å². The van der Waals surface area contributed by atoms with Gasteiger partial charge in [0.2, 0.25) is 15.9 Å². The molecule has 5 nitrogen and oxygen atoms in total. The van der Waals surface area contributed by atoms with Crippen LogP contribution < -0.4 is 10.0 Å². The number of carbonyl (C=O) groups is 1. The van der Waals surface area contributed by atoms with Gasteiger partial charge in [-0.05, 0) is 75.0 Å². The Hall–Kier alpha value is -1.40. The van der Waals surface area contributed by atoms with Crippen molar-refractivity contribution in [2.45, 2.75) is 63.8 Å². The number of benzene rings is 1. The van der Waals surface area contributed by atoms with Gasteiger partial charge in [-0.1, -0.05) is 18.6 Å². The van der Waals surface area contributed by atoms with E-state index in [1.54, 1.807) is 19.1 Å². The van der Waals surface area contributed by atoms with Crippen molar-refractivity contribution in [1.82, 2.24) is 10.0 Å². The molecule has 3 rings (SSSR count). The maximum absolute atomic E-state index is 12.5. The minimum absolute atomic E-state index is 0.0797. The molecule has 2 aliphatic carbocycles. The number of nitrogens with one attached hydrogen (secondary N) is 2. The predicted octanol–water partition coefficient (Wildman–Crippen LogP) is 2.91. The number of amides is 1. The number of hydrogen-bond acceptors (Lipinski definition) is 3. The molecule has 0 radical (unpaired) electrons. The summed E-state index contributed by atoms with van der Waals surface area (Å²) in [6, 6.07) is 5.52. The van der Waals surface area contributed by atoms with Gasteiger partial charge in [-0.3, -0.25) is 4.79 Å². The fraction of sp³-hybridized carbons (Fsp3) is 0.650. The van der Waals surface area contributed by atoms with E-state index in [9.17, 15) is 13.2 Å². The fourth-order valence-electron chi connectivity index (χ4n) is 4.71. The largest absolute Gasteiger partial charge is 0.353 e. The van der Waals surface area contributed by atoms with Gasteiger partial charge in [0, 0.05) is 19.0 Å². The summed E-state index contributed by atoms with van der Waals surface area (Å²) in [4.78, 5) is 12.5. The number of hydrogen-bond donors (Lipinski definition) is 2. The summed E-state index contributed by atoms with van der Waals surface area (Å²) < 4.78 is 27.5. The number of fused-ring (bicyclic) bond motifs is 2.